The summed E-state index contributed by atoms with van der Waals surface area (Å²) in [6.45, 7) is 5.30. The highest BCUT2D eigenvalue weighted by Gasteiger charge is 2.49. The van der Waals surface area contributed by atoms with E-state index in [0.717, 1.165) is 38.1 Å². The first-order valence-corrected chi connectivity index (χ1v) is 5.63. The van der Waals surface area contributed by atoms with Gasteiger partial charge in [-0.15, -0.1) is 0 Å². The molecule has 2 fully saturated rings. The SMILES string of the molecule is CC1CCN(C(=O)C2(N)CC2)C(C)C1. The molecule has 0 aromatic carbocycles. The van der Waals surface area contributed by atoms with Crippen LogP contribution in [0.4, 0.5) is 0 Å². The molecule has 2 unspecified atom stereocenters. The van der Waals surface area contributed by atoms with E-state index in [1.54, 1.807) is 0 Å². The lowest BCUT2D eigenvalue weighted by Gasteiger charge is -2.38. The fourth-order valence-electron chi connectivity index (χ4n) is 2.34. The van der Waals surface area contributed by atoms with Crippen LogP contribution in [0.5, 0.6) is 0 Å². The first-order chi connectivity index (χ1) is 6.53. The molecule has 2 rings (SSSR count). The quantitative estimate of drug-likeness (QED) is 0.683. The van der Waals surface area contributed by atoms with E-state index in [2.05, 4.69) is 13.8 Å². The summed E-state index contributed by atoms with van der Waals surface area (Å²) in [5.74, 6) is 0.943. The molecule has 14 heavy (non-hydrogen) atoms. The van der Waals surface area contributed by atoms with Crippen molar-refractivity contribution in [2.24, 2.45) is 11.7 Å². The van der Waals surface area contributed by atoms with Gasteiger partial charge in [0.05, 0.1) is 5.54 Å². The molecule has 1 aliphatic carbocycles. The van der Waals surface area contributed by atoms with Gasteiger partial charge in [-0.25, -0.2) is 0 Å². The Bertz CT molecular complexity index is 248. The Morgan fingerprint density at radius 3 is 2.57 bits per heavy atom. The molecule has 1 amide bonds. The lowest BCUT2D eigenvalue weighted by molar-refractivity contribution is -0.137. The van der Waals surface area contributed by atoms with Gasteiger partial charge >= 0.3 is 0 Å². The van der Waals surface area contributed by atoms with Gasteiger partial charge in [0.15, 0.2) is 0 Å². The van der Waals surface area contributed by atoms with E-state index < -0.39 is 5.54 Å². The van der Waals surface area contributed by atoms with Crippen LogP contribution >= 0.6 is 0 Å². The summed E-state index contributed by atoms with van der Waals surface area (Å²) < 4.78 is 0. The molecule has 0 bridgehead atoms. The van der Waals surface area contributed by atoms with Crippen LogP contribution in [0.2, 0.25) is 0 Å². The maximum absolute atomic E-state index is 12.0. The van der Waals surface area contributed by atoms with Gasteiger partial charge in [-0.1, -0.05) is 6.92 Å². The van der Waals surface area contributed by atoms with Crippen LogP contribution < -0.4 is 5.73 Å². The summed E-state index contributed by atoms with van der Waals surface area (Å²) in [6, 6.07) is 0.382. The van der Waals surface area contributed by atoms with Crippen molar-refractivity contribution < 1.29 is 4.79 Å². The average Bonchev–Trinajstić information content (AvgIpc) is 2.84. The number of nitrogens with zero attached hydrogens (tertiary/aromatic N) is 1. The average molecular weight is 196 g/mol. The molecule has 2 aliphatic rings. The standard InChI is InChI=1S/C11H20N2O/c1-8-3-6-13(9(2)7-8)10(14)11(12)4-5-11/h8-9H,3-7,12H2,1-2H3. The number of hydrogen-bond acceptors (Lipinski definition) is 2. The van der Waals surface area contributed by atoms with Crippen LogP contribution in [0.25, 0.3) is 0 Å². The number of nitrogens with two attached hydrogens (primary N) is 1. The normalized spacial score (nSPS) is 35.5. The zero-order chi connectivity index (χ0) is 10.3. The van der Waals surface area contributed by atoms with Crippen molar-refractivity contribution in [3.63, 3.8) is 0 Å². The summed E-state index contributed by atoms with van der Waals surface area (Å²) >= 11 is 0. The summed E-state index contributed by atoms with van der Waals surface area (Å²) in [5, 5.41) is 0. The molecule has 80 valence electrons. The maximum atomic E-state index is 12.0. The van der Waals surface area contributed by atoms with Gasteiger partial charge in [0.2, 0.25) is 5.91 Å². The van der Waals surface area contributed by atoms with Gasteiger partial charge in [0, 0.05) is 12.6 Å². The van der Waals surface area contributed by atoms with E-state index in [4.69, 9.17) is 5.73 Å². The zero-order valence-electron chi connectivity index (χ0n) is 9.12. The van der Waals surface area contributed by atoms with Crippen LogP contribution in [0, 0.1) is 5.92 Å². The third-order valence-electron chi connectivity index (χ3n) is 3.61. The predicted molar refractivity (Wildman–Crippen MR) is 55.7 cm³/mol. The topological polar surface area (TPSA) is 46.3 Å². The fourth-order valence-corrected chi connectivity index (χ4v) is 2.34. The zero-order valence-corrected chi connectivity index (χ0v) is 9.12. The Kier molecular flexibility index (Phi) is 2.30. The lowest BCUT2D eigenvalue weighted by atomic mass is 9.93. The Morgan fingerprint density at radius 1 is 1.43 bits per heavy atom. The minimum atomic E-state index is -0.477. The molecule has 2 N–H and O–H groups in total. The van der Waals surface area contributed by atoms with Crippen molar-refractivity contribution >= 4 is 5.91 Å². The highest BCUT2D eigenvalue weighted by molar-refractivity contribution is 5.89. The Hall–Kier alpha value is -0.570. The number of carbonyl (C=O) groups excluding carboxylic acids is 1. The maximum Gasteiger partial charge on any atom is 0.242 e. The summed E-state index contributed by atoms with van der Waals surface area (Å²) in [5.41, 5.74) is 5.45. The van der Waals surface area contributed by atoms with Crippen molar-refractivity contribution in [2.45, 2.75) is 51.1 Å². The molecule has 3 nitrogen and oxygen atoms in total. The molecule has 0 spiro atoms. The van der Waals surface area contributed by atoms with Crippen LogP contribution in [0.15, 0.2) is 0 Å². The van der Waals surface area contributed by atoms with Gasteiger partial charge < -0.3 is 10.6 Å². The molecular formula is C11H20N2O. The van der Waals surface area contributed by atoms with Crippen LogP contribution in [-0.2, 0) is 4.79 Å². The van der Waals surface area contributed by atoms with E-state index in [1.807, 2.05) is 4.90 Å². The Morgan fingerprint density at radius 2 is 2.07 bits per heavy atom. The van der Waals surface area contributed by atoms with Crippen molar-refractivity contribution in [2.75, 3.05) is 6.54 Å². The first kappa shape index (κ1) is 9.97. The van der Waals surface area contributed by atoms with Crippen molar-refractivity contribution in [1.29, 1.82) is 0 Å². The van der Waals surface area contributed by atoms with E-state index in [0.29, 0.717) is 6.04 Å². The lowest BCUT2D eigenvalue weighted by Crippen LogP contribution is -2.52. The largest absolute Gasteiger partial charge is 0.338 e. The second-order valence-corrected chi connectivity index (χ2v) is 5.13. The molecule has 0 aromatic rings. The van der Waals surface area contributed by atoms with Gasteiger partial charge in [0.25, 0.3) is 0 Å². The van der Waals surface area contributed by atoms with E-state index in [1.165, 1.54) is 0 Å². The van der Waals surface area contributed by atoms with Crippen LogP contribution in [-0.4, -0.2) is 28.9 Å². The molecule has 1 saturated heterocycles. The van der Waals surface area contributed by atoms with Gasteiger partial charge in [-0.2, -0.15) is 0 Å². The minimum Gasteiger partial charge on any atom is -0.338 e. The van der Waals surface area contributed by atoms with Gasteiger partial charge in [-0.05, 0) is 38.5 Å². The summed E-state index contributed by atoms with van der Waals surface area (Å²) in [6.07, 6.45) is 4.02. The van der Waals surface area contributed by atoms with Gasteiger partial charge in [0.1, 0.15) is 0 Å². The van der Waals surface area contributed by atoms with Crippen molar-refractivity contribution in [3.8, 4) is 0 Å². The van der Waals surface area contributed by atoms with Gasteiger partial charge in [-0.3, -0.25) is 4.79 Å². The molecule has 1 aliphatic heterocycles. The number of rotatable bonds is 1. The second kappa shape index (κ2) is 3.23. The molecule has 1 saturated carbocycles. The summed E-state index contributed by atoms with van der Waals surface area (Å²) in [7, 11) is 0. The second-order valence-electron chi connectivity index (χ2n) is 5.13. The number of likely N-dealkylation sites (tertiary alicyclic amines) is 1. The smallest absolute Gasteiger partial charge is 0.242 e. The van der Waals surface area contributed by atoms with Crippen LogP contribution in [0.3, 0.4) is 0 Å². The summed E-state index contributed by atoms with van der Waals surface area (Å²) in [4.78, 5) is 14.0. The number of hydrogen-bond donors (Lipinski definition) is 1. The monoisotopic (exact) mass is 196 g/mol. The Balaban J connectivity index is 2.00. The highest BCUT2D eigenvalue weighted by atomic mass is 16.2. The third-order valence-corrected chi connectivity index (χ3v) is 3.61. The molecule has 2 atom stereocenters. The highest BCUT2D eigenvalue weighted by Crippen LogP contribution is 2.36. The van der Waals surface area contributed by atoms with E-state index >= 15 is 0 Å². The van der Waals surface area contributed by atoms with E-state index in [9.17, 15) is 4.79 Å². The molecular weight excluding hydrogens is 176 g/mol. The van der Waals surface area contributed by atoms with Crippen molar-refractivity contribution in [3.05, 3.63) is 0 Å². The fraction of sp³-hybridized carbons (Fsp3) is 0.909. The minimum absolute atomic E-state index is 0.192. The Labute approximate surface area is 85.6 Å². The number of carbonyl (C=O) groups is 1. The van der Waals surface area contributed by atoms with Crippen molar-refractivity contribution in [1.82, 2.24) is 4.90 Å². The third kappa shape index (κ3) is 1.65. The molecule has 3 heteroatoms. The first-order valence-electron chi connectivity index (χ1n) is 5.63. The number of amides is 1. The molecule has 1 heterocycles. The predicted octanol–water partition coefficient (Wildman–Crippen LogP) is 1.12. The molecule has 0 radical (unpaired) electrons. The van der Waals surface area contributed by atoms with E-state index in [-0.39, 0.29) is 5.91 Å². The number of piperidine rings is 1. The van der Waals surface area contributed by atoms with Crippen LogP contribution in [0.1, 0.15) is 39.5 Å². The molecule has 0 aromatic heterocycles.